The highest BCUT2D eigenvalue weighted by Gasteiger charge is 2.18. The molecule has 0 aliphatic rings. The van der Waals surface area contributed by atoms with Gasteiger partial charge in [-0.25, -0.2) is 8.42 Å². The van der Waals surface area contributed by atoms with Crippen molar-refractivity contribution in [3.63, 3.8) is 0 Å². The molecule has 1 aromatic heterocycles. The van der Waals surface area contributed by atoms with Crippen molar-refractivity contribution < 1.29 is 13.2 Å². The molecule has 0 spiro atoms. The Labute approximate surface area is 152 Å². The van der Waals surface area contributed by atoms with Gasteiger partial charge in [0.15, 0.2) is 0 Å². The molecule has 1 heterocycles. The van der Waals surface area contributed by atoms with E-state index in [1.807, 2.05) is 12.1 Å². The van der Waals surface area contributed by atoms with E-state index in [0.717, 1.165) is 11.8 Å². The smallest absolute Gasteiger partial charge is 0.221 e. The SMILES string of the molecule is CS(=O)(=O)N(CCC(=O)NCc1ccc(Cl)cc1)Cc1ccccn1. The van der Waals surface area contributed by atoms with Crippen LogP contribution in [0.3, 0.4) is 0 Å². The second-order valence-electron chi connectivity index (χ2n) is 5.57. The Balaban J connectivity index is 1.87. The summed E-state index contributed by atoms with van der Waals surface area (Å²) in [5.41, 5.74) is 1.56. The van der Waals surface area contributed by atoms with Crippen molar-refractivity contribution in [2.24, 2.45) is 0 Å². The zero-order valence-corrected chi connectivity index (χ0v) is 15.4. The van der Waals surface area contributed by atoms with E-state index in [-0.39, 0.29) is 25.4 Å². The first kappa shape index (κ1) is 19.4. The van der Waals surface area contributed by atoms with Gasteiger partial charge in [0.2, 0.25) is 15.9 Å². The molecule has 8 heteroatoms. The van der Waals surface area contributed by atoms with Crippen LogP contribution >= 0.6 is 11.6 Å². The van der Waals surface area contributed by atoms with E-state index in [1.165, 1.54) is 4.31 Å². The third-order valence-corrected chi connectivity index (χ3v) is 5.03. The number of hydrogen-bond donors (Lipinski definition) is 1. The molecule has 0 aliphatic carbocycles. The maximum atomic E-state index is 12.0. The minimum Gasteiger partial charge on any atom is -0.352 e. The van der Waals surface area contributed by atoms with Crippen LogP contribution in [0.25, 0.3) is 0 Å². The number of benzene rings is 1. The number of pyridine rings is 1. The minimum atomic E-state index is -3.43. The fourth-order valence-corrected chi connectivity index (χ4v) is 3.07. The predicted octanol–water partition coefficient (Wildman–Crippen LogP) is 2.20. The van der Waals surface area contributed by atoms with Crippen LogP contribution in [0, 0.1) is 0 Å². The molecule has 2 rings (SSSR count). The molecule has 2 aromatic rings. The van der Waals surface area contributed by atoms with Crippen LogP contribution in [0.1, 0.15) is 17.7 Å². The van der Waals surface area contributed by atoms with Crippen LogP contribution in [0.5, 0.6) is 0 Å². The number of halogens is 1. The van der Waals surface area contributed by atoms with Gasteiger partial charge in [0, 0.05) is 30.7 Å². The van der Waals surface area contributed by atoms with Gasteiger partial charge in [-0.15, -0.1) is 0 Å². The lowest BCUT2D eigenvalue weighted by molar-refractivity contribution is -0.121. The highest BCUT2D eigenvalue weighted by Crippen LogP contribution is 2.10. The van der Waals surface area contributed by atoms with E-state index in [4.69, 9.17) is 11.6 Å². The van der Waals surface area contributed by atoms with E-state index in [0.29, 0.717) is 17.3 Å². The van der Waals surface area contributed by atoms with Crippen LogP contribution in [0.15, 0.2) is 48.7 Å². The summed E-state index contributed by atoms with van der Waals surface area (Å²) >= 11 is 5.81. The number of carbonyl (C=O) groups is 1. The van der Waals surface area contributed by atoms with Crippen molar-refractivity contribution in [2.75, 3.05) is 12.8 Å². The minimum absolute atomic E-state index is 0.0769. The molecule has 6 nitrogen and oxygen atoms in total. The van der Waals surface area contributed by atoms with Crippen LogP contribution in [0.4, 0.5) is 0 Å². The van der Waals surface area contributed by atoms with Crippen molar-refractivity contribution >= 4 is 27.5 Å². The van der Waals surface area contributed by atoms with Crippen molar-refractivity contribution in [3.05, 3.63) is 64.9 Å². The highest BCUT2D eigenvalue weighted by molar-refractivity contribution is 7.88. The van der Waals surface area contributed by atoms with Crippen molar-refractivity contribution in [3.8, 4) is 0 Å². The number of rotatable bonds is 8. The molecule has 0 radical (unpaired) electrons. The summed E-state index contributed by atoms with van der Waals surface area (Å²) in [5.74, 6) is -0.218. The lowest BCUT2D eigenvalue weighted by atomic mass is 10.2. The molecule has 25 heavy (non-hydrogen) atoms. The average Bonchev–Trinajstić information content (AvgIpc) is 2.58. The van der Waals surface area contributed by atoms with Gasteiger partial charge >= 0.3 is 0 Å². The first-order valence-corrected chi connectivity index (χ1v) is 9.93. The van der Waals surface area contributed by atoms with Gasteiger partial charge in [-0.3, -0.25) is 9.78 Å². The molecular weight excluding hydrogens is 362 g/mol. The summed E-state index contributed by atoms with van der Waals surface area (Å²) in [6.07, 6.45) is 2.81. The molecule has 1 N–H and O–H groups in total. The fraction of sp³-hybridized carbons (Fsp3) is 0.294. The van der Waals surface area contributed by atoms with Gasteiger partial charge in [0.25, 0.3) is 0 Å². The fourth-order valence-electron chi connectivity index (χ4n) is 2.15. The number of nitrogens with zero attached hydrogens (tertiary/aromatic N) is 2. The Kier molecular flexibility index (Phi) is 6.92. The summed E-state index contributed by atoms with van der Waals surface area (Å²) < 4.78 is 25.1. The van der Waals surface area contributed by atoms with E-state index < -0.39 is 10.0 Å². The third-order valence-electron chi connectivity index (χ3n) is 3.52. The summed E-state index contributed by atoms with van der Waals surface area (Å²) in [4.78, 5) is 16.1. The second kappa shape index (κ2) is 8.94. The summed E-state index contributed by atoms with van der Waals surface area (Å²) in [7, 11) is -3.43. The van der Waals surface area contributed by atoms with Crippen molar-refractivity contribution in [2.45, 2.75) is 19.5 Å². The molecule has 0 bridgehead atoms. The Morgan fingerprint density at radius 3 is 2.52 bits per heavy atom. The van der Waals surface area contributed by atoms with Gasteiger partial charge in [-0.1, -0.05) is 29.8 Å². The molecule has 1 aromatic carbocycles. The standard InChI is InChI=1S/C17H20ClN3O3S/c1-25(23,24)21(13-16-4-2-3-10-19-16)11-9-17(22)20-12-14-5-7-15(18)8-6-14/h2-8,10H,9,11-13H2,1H3,(H,20,22). The summed E-state index contributed by atoms with van der Waals surface area (Å²) in [5, 5.41) is 3.40. The number of nitrogens with one attached hydrogen (secondary N) is 1. The topological polar surface area (TPSA) is 79.4 Å². The first-order chi connectivity index (χ1) is 11.8. The Hall–Kier alpha value is -1.96. The largest absolute Gasteiger partial charge is 0.352 e. The summed E-state index contributed by atoms with van der Waals surface area (Å²) in [6.45, 7) is 0.612. The monoisotopic (exact) mass is 381 g/mol. The molecule has 0 atom stereocenters. The lowest BCUT2D eigenvalue weighted by Gasteiger charge is -2.19. The Morgan fingerprint density at radius 2 is 1.92 bits per heavy atom. The second-order valence-corrected chi connectivity index (χ2v) is 7.99. The molecule has 0 saturated heterocycles. The van der Waals surface area contributed by atoms with Crippen LogP contribution in [-0.4, -0.2) is 36.4 Å². The van der Waals surface area contributed by atoms with E-state index in [9.17, 15) is 13.2 Å². The van der Waals surface area contributed by atoms with Gasteiger partial charge in [0.1, 0.15) is 0 Å². The number of amides is 1. The molecule has 1 amide bonds. The highest BCUT2D eigenvalue weighted by atomic mass is 35.5. The molecule has 0 unspecified atom stereocenters. The van der Waals surface area contributed by atoms with E-state index in [2.05, 4.69) is 10.3 Å². The maximum Gasteiger partial charge on any atom is 0.221 e. The quantitative estimate of drug-likeness (QED) is 0.760. The number of aromatic nitrogens is 1. The Morgan fingerprint density at radius 1 is 1.20 bits per heavy atom. The molecular formula is C17H20ClN3O3S. The third kappa shape index (κ3) is 6.81. The van der Waals surface area contributed by atoms with Crippen LogP contribution in [0.2, 0.25) is 5.02 Å². The number of carbonyl (C=O) groups excluding carboxylic acids is 1. The van der Waals surface area contributed by atoms with E-state index >= 15 is 0 Å². The maximum absolute atomic E-state index is 12.0. The van der Waals surface area contributed by atoms with Gasteiger partial charge < -0.3 is 5.32 Å². The van der Waals surface area contributed by atoms with Crippen LogP contribution in [-0.2, 0) is 27.9 Å². The lowest BCUT2D eigenvalue weighted by Crippen LogP contribution is -2.34. The van der Waals surface area contributed by atoms with Gasteiger partial charge in [-0.2, -0.15) is 4.31 Å². The molecule has 0 saturated carbocycles. The van der Waals surface area contributed by atoms with Gasteiger partial charge in [-0.05, 0) is 29.8 Å². The average molecular weight is 382 g/mol. The number of hydrogen-bond acceptors (Lipinski definition) is 4. The summed E-state index contributed by atoms with van der Waals surface area (Å²) in [6, 6.07) is 12.5. The number of sulfonamides is 1. The molecule has 0 fully saturated rings. The van der Waals surface area contributed by atoms with E-state index in [1.54, 1.807) is 36.5 Å². The van der Waals surface area contributed by atoms with Crippen molar-refractivity contribution in [1.29, 1.82) is 0 Å². The van der Waals surface area contributed by atoms with Crippen molar-refractivity contribution in [1.82, 2.24) is 14.6 Å². The normalized spacial score (nSPS) is 11.5. The van der Waals surface area contributed by atoms with Gasteiger partial charge in [0.05, 0.1) is 18.5 Å². The Bertz CT molecular complexity index is 796. The molecule has 0 aliphatic heterocycles. The molecule has 134 valence electrons. The van der Waals surface area contributed by atoms with Crippen LogP contribution < -0.4 is 5.32 Å². The predicted molar refractivity (Wildman–Crippen MR) is 97.4 cm³/mol. The first-order valence-electron chi connectivity index (χ1n) is 7.71. The zero-order chi connectivity index (χ0) is 18.3. The zero-order valence-electron chi connectivity index (χ0n) is 13.9.